The zero-order chi connectivity index (χ0) is 20.4. The Morgan fingerprint density at radius 3 is 2.67 bits per heavy atom. The van der Waals surface area contributed by atoms with Gasteiger partial charge in [-0.2, -0.15) is 8.78 Å². The molecule has 0 aliphatic carbocycles. The number of carbonyl (C=O) groups excluding carboxylic acids is 1. The van der Waals surface area contributed by atoms with Crippen LogP contribution in [0.5, 0.6) is 0 Å². The summed E-state index contributed by atoms with van der Waals surface area (Å²) in [4.78, 5) is 23.6. The van der Waals surface area contributed by atoms with E-state index in [0.717, 1.165) is 4.90 Å². The normalized spacial score (nSPS) is 21.1. The number of aliphatic hydroxyl groups excluding tert-OH is 1. The molecule has 1 aliphatic heterocycles. The number of nitrogens with zero attached hydrogens (tertiary/aromatic N) is 1. The summed E-state index contributed by atoms with van der Waals surface area (Å²) in [6.45, 7) is 3.73. The second-order valence-corrected chi connectivity index (χ2v) is 7.02. The molecule has 0 aromatic rings. The molecule has 1 unspecified atom stereocenters. The second kappa shape index (κ2) is 11.0. The van der Waals surface area contributed by atoms with E-state index in [-0.39, 0.29) is 18.9 Å². The zero-order valence-electron chi connectivity index (χ0n) is 16.0. The Morgan fingerprint density at radius 1 is 1.37 bits per heavy atom. The molecule has 1 fully saturated rings. The molecule has 1 saturated heterocycles. The van der Waals surface area contributed by atoms with E-state index in [9.17, 15) is 23.5 Å². The molecule has 2 N–H and O–H groups in total. The highest BCUT2D eigenvalue weighted by Crippen LogP contribution is 2.34. The van der Waals surface area contributed by atoms with Crippen LogP contribution >= 0.6 is 0 Å². The first-order chi connectivity index (χ1) is 12.7. The Labute approximate surface area is 159 Å². The van der Waals surface area contributed by atoms with Crippen molar-refractivity contribution in [1.82, 2.24) is 4.90 Å². The third kappa shape index (κ3) is 7.67. The van der Waals surface area contributed by atoms with Gasteiger partial charge in [0.05, 0.1) is 12.1 Å². The number of hydrogen-bond donors (Lipinski definition) is 2. The van der Waals surface area contributed by atoms with E-state index in [0.29, 0.717) is 32.1 Å². The van der Waals surface area contributed by atoms with Gasteiger partial charge in [-0.05, 0) is 25.7 Å². The molecule has 0 radical (unpaired) electrons. The molecule has 0 aromatic heterocycles. The van der Waals surface area contributed by atoms with Crippen LogP contribution in [-0.4, -0.2) is 51.6 Å². The molecule has 5 nitrogen and oxygen atoms in total. The number of alkyl halides is 2. The van der Waals surface area contributed by atoms with E-state index < -0.39 is 36.4 Å². The van der Waals surface area contributed by atoms with Crippen molar-refractivity contribution in [3.05, 3.63) is 12.2 Å². The zero-order valence-corrected chi connectivity index (χ0v) is 16.0. The molecule has 0 bridgehead atoms. The minimum Gasteiger partial charge on any atom is -0.481 e. The predicted molar refractivity (Wildman–Crippen MR) is 98.2 cm³/mol. The average Bonchev–Trinajstić information content (AvgIpc) is 2.82. The highest BCUT2D eigenvalue weighted by atomic mass is 19.3. The van der Waals surface area contributed by atoms with E-state index >= 15 is 0 Å². The highest BCUT2D eigenvalue weighted by Gasteiger charge is 2.52. The number of halogens is 2. The molecule has 1 rings (SSSR count). The smallest absolute Gasteiger partial charge is 0.327 e. The van der Waals surface area contributed by atoms with Crippen LogP contribution in [0.1, 0.15) is 58.8 Å². The van der Waals surface area contributed by atoms with Gasteiger partial charge in [0.2, 0.25) is 0 Å². The summed E-state index contributed by atoms with van der Waals surface area (Å²) in [7, 11) is 0. The van der Waals surface area contributed by atoms with Gasteiger partial charge in [0.1, 0.15) is 0 Å². The van der Waals surface area contributed by atoms with Gasteiger partial charge < -0.3 is 15.1 Å². The van der Waals surface area contributed by atoms with Crippen LogP contribution in [0.15, 0.2) is 12.2 Å². The van der Waals surface area contributed by atoms with Gasteiger partial charge in [0, 0.05) is 25.8 Å². The van der Waals surface area contributed by atoms with Crippen molar-refractivity contribution in [2.24, 2.45) is 5.92 Å². The minimum atomic E-state index is -3.39. The molecule has 0 saturated carbocycles. The predicted octanol–water partition coefficient (Wildman–Crippen LogP) is 3.22. The van der Waals surface area contributed by atoms with Crippen LogP contribution in [0.25, 0.3) is 0 Å². The first kappa shape index (κ1) is 23.1. The number of unbranched alkanes of at least 4 members (excludes halogenated alkanes) is 3. The average molecular weight is 385 g/mol. The lowest BCUT2D eigenvalue weighted by atomic mass is 10.00. The monoisotopic (exact) mass is 385 g/mol. The number of hydrogen-bond acceptors (Lipinski definition) is 3. The topological polar surface area (TPSA) is 77.8 Å². The molecule has 7 heteroatoms. The second-order valence-electron chi connectivity index (χ2n) is 7.02. The first-order valence-corrected chi connectivity index (χ1v) is 9.35. The van der Waals surface area contributed by atoms with Gasteiger partial charge in [-0.3, -0.25) is 9.59 Å². The van der Waals surface area contributed by atoms with Gasteiger partial charge in [-0.25, -0.2) is 0 Å². The van der Waals surface area contributed by atoms with Crippen LogP contribution in [-0.2, 0) is 9.59 Å². The van der Waals surface area contributed by atoms with Crippen molar-refractivity contribution in [2.75, 3.05) is 6.54 Å². The summed E-state index contributed by atoms with van der Waals surface area (Å²) in [6, 6.07) is -0.745. The molecular weight excluding hydrogens is 356 g/mol. The number of carboxylic acids is 1. The Bertz CT molecular complexity index is 595. The van der Waals surface area contributed by atoms with E-state index in [1.165, 1.54) is 12.2 Å². The Kier molecular flexibility index (Phi) is 9.44. The Hall–Kier alpha value is -1.94. The molecule has 0 aromatic carbocycles. The van der Waals surface area contributed by atoms with Crippen LogP contribution in [0.3, 0.4) is 0 Å². The van der Waals surface area contributed by atoms with Crippen LogP contribution in [0.2, 0.25) is 0 Å². The lowest BCUT2D eigenvalue weighted by molar-refractivity contribution is -0.148. The number of aliphatic hydroxyl groups is 1. The highest BCUT2D eigenvalue weighted by molar-refractivity contribution is 5.86. The number of aliphatic carboxylic acids is 1. The Balaban J connectivity index is 2.59. The Morgan fingerprint density at radius 2 is 2.04 bits per heavy atom. The molecule has 0 spiro atoms. The van der Waals surface area contributed by atoms with E-state index in [4.69, 9.17) is 5.11 Å². The number of rotatable bonds is 11. The van der Waals surface area contributed by atoms with Crippen molar-refractivity contribution in [3.8, 4) is 11.8 Å². The van der Waals surface area contributed by atoms with E-state index in [1.54, 1.807) is 6.92 Å². The van der Waals surface area contributed by atoms with Gasteiger partial charge in [0.25, 0.3) is 5.91 Å². The summed E-state index contributed by atoms with van der Waals surface area (Å²) in [5, 5.41) is 18.7. The molecule has 1 amide bonds. The molecule has 1 aliphatic rings. The fourth-order valence-corrected chi connectivity index (χ4v) is 2.99. The van der Waals surface area contributed by atoms with Crippen LogP contribution in [0.4, 0.5) is 8.78 Å². The summed E-state index contributed by atoms with van der Waals surface area (Å²) in [5.41, 5.74) is 0. The molecule has 3 atom stereocenters. The van der Waals surface area contributed by atoms with Gasteiger partial charge in [-0.1, -0.05) is 31.9 Å². The number of carbonyl (C=O) groups is 2. The standard InChI is InChI=1S/C20H29F2NO4/c1-3-4-9-15(2)17(24)12-11-16-14-20(21,22)19(27)23(16)13-8-6-5-7-10-18(25)26/h11-12,15-17,24H,5-10,13-14H2,1-2H3,(H,25,26)/b12-11+/t15?,16-,17-/m0/s1. The minimum absolute atomic E-state index is 0.0879. The third-order valence-corrected chi connectivity index (χ3v) is 4.69. The van der Waals surface area contributed by atoms with Gasteiger partial charge >= 0.3 is 11.9 Å². The lowest BCUT2D eigenvalue weighted by Crippen LogP contribution is -2.36. The van der Waals surface area contributed by atoms with Crippen molar-refractivity contribution in [2.45, 2.75) is 76.9 Å². The summed E-state index contributed by atoms with van der Waals surface area (Å²) >= 11 is 0. The van der Waals surface area contributed by atoms with Gasteiger partial charge in [-0.15, -0.1) is 11.8 Å². The molecule has 152 valence electrons. The molecular formula is C20H29F2NO4. The molecule has 27 heavy (non-hydrogen) atoms. The maximum Gasteiger partial charge on any atom is 0.327 e. The lowest BCUT2D eigenvalue weighted by Gasteiger charge is -2.22. The van der Waals surface area contributed by atoms with Crippen molar-refractivity contribution in [3.63, 3.8) is 0 Å². The largest absolute Gasteiger partial charge is 0.481 e. The van der Waals surface area contributed by atoms with E-state index in [2.05, 4.69) is 11.8 Å². The summed E-state index contributed by atoms with van der Waals surface area (Å²) in [5.74, 6) is 0.0706. The number of carboxylic acid groups (broad SMARTS) is 1. The first-order valence-electron chi connectivity index (χ1n) is 9.35. The maximum absolute atomic E-state index is 13.8. The number of amides is 1. The molecule has 1 heterocycles. The van der Waals surface area contributed by atoms with Crippen LogP contribution < -0.4 is 0 Å². The summed E-state index contributed by atoms with van der Waals surface area (Å²) in [6.07, 6.45) is 4.58. The third-order valence-electron chi connectivity index (χ3n) is 4.69. The van der Waals surface area contributed by atoms with E-state index in [1.807, 2.05) is 6.92 Å². The van der Waals surface area contributed by atoms with Crippen molar-refractivity contribution >= 4 is 11.9 Å². The maximum atomic E-state index is 13.8. The van der Waals surface area contributed by atoms with Crippen LogP contribution in [0, 0.1) is 17.8 Å². The van der Waals surface area contributed by atoms with Crippen molar-refractivity contribution < 1.29 is 28.6 Å². The van der Waals surface area contributed by atoms with Crippen molar-refractivity contribution in [1.29, 1.82) is 0 Å². The SMILES string of the molecule is CC#CCC(C)[C@@H](O)/C=C/[C@H]1CC(F)(F)C(=O)N1CCCCCCC(=O)O. The fourth-order valence-electron chi connectivity index (χ4n) is 2.99. The fraction of sp³-hybridized carbons (Fsp3) is 0.700. The summed E-state index contributed by atoms with van der Waals surface area (Å²) < 4.78 is 27.7. The van der Waals surface area contributed by atoms with Gasteiger partial charge in [0.15, 0.2) is 0 Å². The quantitative estimate of drug-likeness (QED) is 0.325. The number of likely N-dealkylation sites (tertiary alicyclic amines) is 1.